The summed E-state index contributed by atoms with van der Waals surface area (Å²) in [5.41, 5.74) is 0. The molecule has 0 aliphatic heterocycles. The zero-order chi connectivity index (χ0) is 46.5. The highest BCUT2D eigenvalue weighted by molar-refractivity contribution is 5.71. The maximum atomic E-state index is 12.8. The van der Waals surface area contributed by atoms with Crippen LogP contribution >= 0.6 is 0 Å². The van der Waals surface area contributed by atoms with Crippen molar-refractivity contribution in [1.29, 1.82) is 0 Å². The molecule has 0 aliphatic rings. The van der Waals surface area contributed by atoms with Crippen LogP contribution in [0.3, 0.4) is 0 Å². The Morgan fingerprint density at radius 2 is 0.516 bits per heavy atom. The normalized spacial score (nSPS) is 12.0. The number of esters is 3. The molecule has 0 aromatic rings. The smallest absolute Gasteiger partial charge is 0.306 e. The standard InChI is InChI=1S/C58H110O6/c1-4-7-10-13-16-19-21-23-25-26-27-28-29-30-31-32-34-35-37-39-42-45-48-51-57(60)63-54-55(53-62-56(59)50-47-44-41-18-15-12-9-6-3)64-58(61)52-49-46-43-40-38-36-33-24-22-20-17-14-11-8-5-2/h26-27,55H,4-25,28-54H2,1-3H3/b27-26-. The van der Waals surface area contributed by atoms with E-state index in [1.54, 1.807) is 0 Å². The summed E-state index contributed by atoms with van der Waals surface area (Å²) < 4.78 is 16.8. The van der Waals surface area contributed by atoms with Crippen molar-refractivity contribution in [3.8, 4) is 0 Å². The van der Waals surface area contributed by atoms with E-state index in [0.29, 0.717) is 19.3 Å². The monoisotopic (exact) mass is 903 g/mol. The molecule has 0 saturated heterocycles. The molecule has 1 unspecified atom stereocenters. The van der Waals surface area contributed by atoms with E-state index in [4.69, 9.17) is 14.2 Å². The molecule has 6 nitrogen and oxygen atoms in total. The summed E-state index contributed by atoms with van der Waals surface area (Å²) in [5, 5.41) is 0. The first kappa shape index (κ1) is 62.1. The molecule has 0 saturated carbocycles. The van der Waals surface area contributed by atoms with E-state index in [9.17, 15) is 14.4 Å². The Hall–Kier alpha value is -1.85. The predicted molar refractivity (Wildman–Crippen MR) is 275 cm³/mol. The van der Waals surface area contributed by atoms with Gasteiger partial charge in [-0.1, -0.05) is 270 Å². The van der Waals surface area contributed by atoms with Crippen LogP contribution in [0.15, 0.2) is 12.2 Å². The number of ether oxygens (including phenoxy) is 3. The lowest BCUT2D eigenvalue weighted by Crippen LogP contribution is -2.30. The highest BCUT2D eigenvalue weighted by Gasteiger charge is 2.19. The van der Waals surface area contributed by atoms with Gasteiger partial charge in [-0.05, 0) is 44.9 Å². The van der Waals surface area contributed by atoms with E-state index in [-0.39, 0.29) is 31.1 Å². The van der Waals surface area contributed by atoms with Gasteiger partial charge in [0, 0.05) is 19.3 Å². The first-order valence-corrected chi connectivity index (χ1v) is 28.7. The summed E-state index contributed by atoms with van der Waals surface area (Å²) in [7, 11) is 0. The second kappa shape index (κ2) is 53.8. The van der Waals surface area contributed by atoms with Gasteiger partial charge in [0.1, 0.15) is 13.2 Å². The van der Waals surface area contributed by atoms with Crippen molar-refractivity contribution in [3.05, 3.63) is 12.2 Å². The maximum absolute atomic E-state index is 12.8. The highest BCUT2D eigenvalue weighted by atomic mass is 16.6. The van der Waals surface area contributed by atoms with Gasteiger partial charge in [0.2, 0.25) is 0 Å². The molecule has 0 aromatic carbocycles. The van der Waals surface area contributed by atoms with Crippen LogP contribution in [0.5, 0.6) is 0 Å². The second-order valence-corrected chi connectivity index (χ2v) is 19.6. The van der Waals surface area contributed by atoms with Crippen LogP contribution in [0.1, 0.15) is 323 Å². The predicted octanol–water partition coefficient (Wildman–Crippen LogP) is 18.9. The molecule has 0 heterocycles. The van der Waals surface area contributed by atoms with Crippen molar-refractivity contribution in [2.24, 2.45) is 0 Å². The number of unbranched alkanes of at least 4 members (excludes halogenated alkanes) is 40. The minimum absolute atomic E-state index is 0.0650. The van der Waals surface area contributed by atoms with Crippen LogP contribution in [-0.4, -0.2) is 37.2 Å². The van der Waals surface area contributed by atoms with E-state index < -0.39 is 6.10 Å². The number of allylic oxidation sites excluding steroid dienone is 2. The summed E-state index contributed by atoms with van der Waals surface area (Å²) in [6.45, 7) is 6.66. The zero-order valence-corrected chi connectivity index (χ0v) is 43.3. The van der Waals surface area contributed by atoms with E-state index in [0.717, 1.165) is 57.8 Å². The molecule has 0 aliphatic carbocycles. The molecule has 0 rings (SSSR count). The summed E-state index contributed by atoms with van der Waals surface area (Å²) in [5.74, 6) is -0.849. The Morgan fingerprint density at radius 1 is 0.297 bits per heavy atom. The van der Waals surface area contributed by atoms with Crippen LogP contribution in [0.25, 0.3) is 0 Å². The number of carbonyl (C=O) groups excluding carboxylic acids is 3. The van der Waals surface area contributed by atoms with Crippen molar-refractivity contribution >= 4 is 17.9 Å². The summed E-state index contributed by atoms with van der Waals surface area (Å²) in [6, 6.07) is 0. The molecule has 6 heteroatoms. The largest absolute Gasteiger partial charge is 0.462 e. The zero-order valence-electron chi connectivity index (χ0n) is 43.3. The van der Waals surface area contributed by atoms with Crippen LogP contribution in [-0.2, 0) is 28.6 Å². The molecule has 1 atom stereocenters. The number of rotatable bonds is 53. The van der Waals surface area contributed by atoms with Crippen molar-refractivity contribution < 1.29 is 28.6 Å². The SMILES string of the molecule is CCCCCCCCCC/C=C\CCCCCCCCCCCCCC(=O)OCC(COC(=O)CCCCCCCCCC)OC(=O)CCCCCCCCCCCCCCCCC. The third kappa shape index (κ3) is 51.1. The Bertz CT molecular complexity index is 993. The molecule has 0 fully saturated rings. The summed E-state index contributed by atoms with van der Waals surface area (Å²) in [6.07, 6.45) is 60.8. The Labute approximate surface area is 399 Å². The Kier molecular flexibility index (Phi) is 52.2. The van der Waals surface area contributed by atoms with Gasteiger partial charge >= 0.3 is 17.9 Å². The maximum Gasteiger partial charge on any atom is 0.306 e. The van der Waals surface area contributed by atoms with Crippen LogP contribution < -0.4 is 0 Å². The fourth-order valence-corrected chi connectivity index (χ4v) is 8.68. The summed E-state index contributed by atoms with van der Waals surface area (Å²) >= 11 is 0. The second-order valence-electron chi connectivity index (χ2n) is 19.6. The first-order valence-electron chi connectivity index (χ1n) is 28.7. The highest BCUT2D eigenvalue weighted by Crippen LogP contribution is 2.17. The minimum Gasteiger partial charge on any atom is -0.462 e. The van der Waals surface area contributed by atoms with E-state index in [1.807, 2.05) is 0 Å². The van der Waals surface area contributed by atoms with Crippen molar-refractivity contribution in [2.75, 3.05) is 13.2 Å². The van der Waals surface area contributed by atoms with Gasteiger partial charge in [0.05, 0.1) is 0 Å². The molecule has 0 N–H and O–H groups in total. The molecule has 0 radical (unpaired) electrons. The van der Waals surface area contributed by atoms with E-state index >= 15 is 0 Å². The number of hydrogen-bond donors (Lipinski definition) is 0. The fraction of sp³-hybridized carbons (Fsp3) is 0.914. The number of hydrogen-bond acceptors (Lipinski definition) is 6. The van der Waals surface area contributed by atoms with Crippen molar-refractivity contribution in [1.82, 2.24) is 0 Å². The van der Waals surface area contributed by atoms with E-state index in [1.165, 1.54) is 225 Å². The molecule has 0 bridgehead atoms. The molecular formula is C58H110O6. The third-order valence-electron chi connectivity index (χ3n) is 13.0. The quantitative estimate of drug-likeness (QED) is 0.0262. The lowest BCUT2D eigenvalue weighted by Gasteiger charge is -2.18. The van der Waals surface area contributed by atoms with Gasteiger partial charge < -0.3 is 14.2 Å². The first-order chi connectivity index (χ1) is 31.5. The van der Waals surface area contributed by atoms with Crippen LogP contribution in [0.2, 0.25) is 0 Å². The van der Waals surface area contributed by atoms with E-state index in [2.05, 4.69) is 32.9 Å². The van der Waals surface area contributed by atoms with Gasteiger partial charge in [-0.15, -0.1) is 0 Å². The average Bonchev–Trinajstić information content (AvgIpc) is 3.29. The summed E-state index contributed by atoms with van der Waals surface area (Å²) in [4.78, 5) is 37.9. The van der Waals surface area contributed by atoms with Gasteiger partial charge in [0.15, 0.2) is 6.10 Å². The third-order valence-corrected chi connectivity index (χ3v) is 13.0. The Balaban J connectivity index is 4.14. The Morgan fingerprint density at radius 3 is 0.781 bits per heavy atom. The lowest BCUT2D eigenvalue weighted by atomic mass is 10.0. The minimum atomic E-state index is -0.762. The fourth-order valence-electron chi connectivity index (χ4n) is 8.68. The topological polar surface area (TPSA) is 78.9 Å². The average molecular weight is 904 g/mol. The number of carbonyl (C=O) groups is 3. The van der Waals surface area contributed by atoms with Crippen molar-refractivity contribution in [3.63, 3.8) is 0 Å². The molecule has 0 spiro atoms. The molecule has 378 valence electrons. The molecule has 64 heavy (non-hydrogen) atoms. The molecular weight excluding hydrogens is 793 g/mol. The lowest BCUT2D eigenvalue weighted by molar-refractivity contribution is -0.167. The molecule has 0 amide bonds. The van der Waals surface area contributed by atoms with Gasteiger partial charge in [0.25, 0.3) is 0 Å². The van der Waals surface area contributed by atoms with Gasteiger partial charge in [-0.2, -0.15) is 0 Å². The molecule has 0 aromatic heterocycles. The van der Waals surface area contributed by atoms with Gasteiger partial charge in [-0.25, -0.2) is 0 Å². The van der Waals surface area contributed by atoms with Crippen LogP contribution in [0.4, 0.5) is 0 Å². The van der Waals surface area contributed by atoms with Crippen molar-refractivity contribution in [2.45, 2.75) is 329 Å². The van der Waals surface area contributed by atoms with Crippen LogP contribution in [0, 0.1) is 0 Å². The van der Waals surface area contributed by atoms with Gasteiger partial charge in [-0.3, -0.25) is 14.4 Å².